The van der Waals surface area contributed by atoms with E-state index in [-0.39, 0.29) is 0 Å². The Labute approximate surface area is 102 Å². The van der Waals surface area contributed by atoms with Crippen molar-refractivity contribution in [2.45, 2.75) is 38.9 Å². The smallest absolute Gasteiger partial charge is 0.150 e. The number of nitrogens with one attached hydrogen (secondary N) is 1. The molecule has 0 aromatic carbocycles. The van der Waals surface area contributed by atoms with E-state index in [9.17, 15) is 8.42 Å². The molecule has 1 saturated heterocycles. The molecule has 0 unspecified atom stereocenters. The van der Waals surface area contributed by atoms with Gasteiger partial charge >= 0.3 is 0 Å². The van der Waals surface area contributed by atoms with Gasteiger partial charge in [-0.2, -0.15) is 5.10 Å². The van der Waals surface area contributed by atoms with E-state index in [0.29, 0.717) is 17.5 Å². The largest absolute Gasteiger partial charge is 0.308 e. The summed E-state index contributed by atoms with van der Waals surface area (Å²) in [4.78, 5) is 0. The van der Waals surface area contributed by atoms with Crippen LogP contribution in [-0.2, 0) is 22.9 Å². The van der Waals surface area contributed by atoms with E-state index in [0.717, 1.165) is 31.6 Å². The average Bonchev–Trinajstić information content (AvgIpc) is 2.75. The molecule has 1 fully saturated rings. The van der Waals surface area contributed by atoms with Crippen LogP contribution < -0.4 is 5.32 Å². The number of nitrogens with zero attached hydrogens (tertiary/aromatic N) is 2. The van der Waals surface area contributed by atoms with Gasteiger partial charge in [-0.25, -0.2) is 8.42 Å². The van der Waals surface area contributed by atoms with E-state index in [1.165, 1.54) is 0 Å². The topological polar surface area (TPSA) is 64.0 Å². The first-order valence-electron chi connectivity index (χ1n) is 6.05. The fourth-order valence-electron chi connectivity index (χ4n) is 2.14. The van der Waals surface area contributed by atoms with Crippen LogP contribution in [0.1, 0.15) is 25.5 Å². The first-order valence-corrected chi connectivity index (χ1v) is 7.87. The van der Waals surface area contributed by atoms with Crippen molar-refractivity contribution in [2.75, 3.05) is 11.5 Å². The Morgan fingerprint density at radius 3 is 2.82 bits per heavy atom. The molecule has 1 aromatic heterocycles. The average molecular weight is 257 g/mol. The minimum absolute atomic E-state index is 0.317. The number of sulfone groups is 1. The number of hydrogen-bond donors (Lipinski definition) is 1. The Hall–Kier alpha value is -0.880. The summed E-state index contributed by atoms with van der Waals surface area (Å²) >= 11 is 0. The van der Waals surface area contributed by atoms with Gasteiger partial charge in [0.2, 0.25) is 0 Å². The van der Waals surface area contributed by atoms with E-state index in [1.54, 1.807) is 6.20 Å². The Morgan fingerprint density at radius 1 is 1.47 bits per heavy atom. The van der Waals surface area contributed by atoms with Crippen LogP contribution in [-0.4, -0.2) is 35.7 Å². The second-order valence-electron chi connectivity index (χ2n) is 4.45. The first kappa shape index (κ1) is 12.6. The van der Waals surface area contributed by atoms with Crippen LogP contribution in [0.15, 0.2) is 12.3 Å². The van der Waals surface area contributed by atoms with Crippen molar-refractivity contribution in [3.63, 3.8) is 0 Å². The number of rotatable bonds is 4. The van der Waals surface area contributed by atoms with Crippen molar-refractivity contribution in [3.8, 4) is 0 Å². The van der Waals surface area contributed by atoms with Gasteiger partial charge in [0.05, 0.1) is 17.2 Å². The molecule has 17 heavy (non-hydrogen) atoms. The molecule has 5 nitrogen and oxygen atoms in total. The Bertz CT molecular complexity index is 453. The highest BCUT2D eigenvalue weighted by Gasteiger charge is 2.23. The highest BCUT2D eigenvalue weighted by atomic mass is 32.2. The second-order valence-corrected chi connectivity index (χ2v) is 6.75. The molecule has 1 N–H and O–H groups in total. The molecule has 0 saturated carbocycles. The number of hydrogen-bond acceptors (Lipinski definition) is 4. The maximum absolute atomic E-state index is 11.3. The molecule has 0 radical (unpaired) electrons. The van der Waals surface area contributed by atoms with Crippen molar-refractivity contribution >= 4 is 9.84 Å². The second kappa shape index (κ2) is 5.18. The Balaban J connectivity index is 1.84. The van der Waals surface area contributed by atoms with Crippen LogP contribution in [0.2, 0.25) is 0 Å². The molecule has 1 aliphatic heterocycles. The standard InChI is InChI=1S/C11H19N3O2S/c1-2-14-11(3-6-13-14)9-12-10-4-7-17(15,16)8-5-10/h3,6,10,12H,2,4-5,7-9H2,1H3. The maximum Gasteiger partial charge on any atom is 0.150 e. The van der Waals surface area contributed by atoms with Gasteiger partial charge in [0.1, 0.15) is 9.84 Å². The van der Waals surface area contributed by atoms with Gasteiger partial charge in [-0.3, -0.25) is 4.68 Å². The summed E-state index contributed by atoms with van der Waals surface area (Å²) in [6.45, 7) is 3.69. The number of aromatic nitrogens is 2. The summed E-state index contributed by atoms with van der Waals surface area (Å²) in [6, 6.07) is 2.31. The lowest BCUT2D eigenvalue weighted by Crippen LogP contribution is -2.37. The van der Waals surface area contributed by atoms with Crippen LogP contribution in [0.3, 0.4) is 0 Å². The summed E-state index contributed by atoms with van der Waals surface area (Å²) in [5.74, 6) is 0.634. The zero-order chi connectivity index (χ0) is 12.3. The van der Waals surface area contributed by atoms with E-state index in [1.807, 2.05) is 10.7 Å². The highest BCUT2D eigenvalue weighted by molar-refractivity contribution is 7.91. The summed E-state index contributed by atoms with van der Waals surface area (Å²) in [5, 5.41) is 7.61. The monoisotopic (exact) mass is 257 g/mol. The Kier molecular flexibility index (Phi) is 3.83. The zero-order valence-electron chi connectivity index (χ0n) is 10.1. The summed E-state index contributed by atoms with van der Waals surface area (Å²) in [7, 11) is -2.76. The lowest BCUT2D eigenvalue weighted by Gasteiger charge is -2.23. The molecule has 1 aliphatic rings. The molecule has 2 heterocycles. The van der Waals surface area contributed by atoms with E-state index >= 15 is 0 Å². The number of aryl methyl sites for hydroxylation is 1. The molecule has 6 heteroatoms. The van der Waals surface area contributed by atoms with Gasteiger partial charge in [-0.05, 0) is 25.8 Å². The maximum atomic E-state index is 11.3. The van der Waals surface area contributed by atoms with Crippen molar-refractivity contribution < 1.29 is 8.42 Å². The third-order valence-electron chi connectivity index (χ3n) is 3.23. The molecule has 0 spiro atoms. The molecule has 0 atom stereocenters. The molecule has 1 aromatic rings. The van der Waals surface area contributed by atoms with E-state index in [4.69, 9.17) is 0 Å². The normalized spacial score (nSPS) is 20.5. The van der Waals surface area contributed by atoms with Gasteiger partial charge in [-0.1, -0.05) is 0 Å². The predicted octanol–water partition coefficient (Wildman–Crippen LogP) is 0.570. The third-order valence-corrected chi connectivity index (χ3v) is 4.95. The summed E-state index contributed by atoms with van der Waals surface area (Å²) in [6.07, 6.45) is 3.25. The fourth-order valence-corrected chi connectivity index (χ4v) is 3.63. The summed E-state index contributed by atoms with van der Waals surface area (Å²) in [5.41, 5.74) is 1.15. The minimum Gasteiger partial charge on any atom is -0.308 e. The van der Waals surface area contributed by atoms with E-state index in [2.05, 4.69) is 17.3 Å². The van der Waals surface area contributed by atoms with Crippen LogP contribution in [0.5, 0.6) is 0 Å². The molecule has 0 aliphatic carbocycles. The first-order chi connectivity index (χ1) is 8.11. The molecule has 96 valence electrons. The van der Waals surface area contributed by atoms with Gasteiger partial charge in [0.25, 0.3) is 0 Å². The quantitative estimate of drug-likeness (QED) is 0.856. The minimum atomic E-state index is -2.76. The molecule has 0 bridgehead atoms. The van der Waals surface area contributed by atoms with Crippen molar-refractivity contribution in [3.05, 3.63) is 18.0 Å². The summed E-state index contributed by atoms with van der Waals surface area (Å²) < 4.78 is 24.5. The molecular formula is C11H19N3O2S. The highest BCUT2D eigenvalue weighted by Crippen LogP contribution is 2.12. The zero-order valence-corrected chi connectivity index (χ0v) is 10.9. The van der Waals surface area contributed by atoms with Gasteiger partial charge in [0, 0.05) is 25.3 Å². The van der Waals surface area contributed by atoms with Gasteiger partial charge < -0.3 is 5.32 Å². The van der Waals surface area contributed by atoms with Crippen LogP contribution in [0.4, 0.5) is 0 Å². The third kappa shape index (κ3) is 3.29. The molecule has 0 amide bonds. The predicted molar refractivity (Wildman–Crippen MR) is 66.4 cm³/mol. The SMILES string of the molecule is CCn1nccc1CNC1CCS(=O)(=O)CC1. The van der Waals surface area contributed by atoms with Crippen molar-refractivity contribution in [1.82, 2.24) is 15.1 Å². The molecular weight excluding hydrogens is 238 g/mol. The van der Waals surface area contributed by atoms with Gasteiger partial charge in [0.15, 0.2) is 0 Å². The lowest BCUT2D eigenvalue weighted by atomic mass is 10.1. The van der Waals surface area contributed by atoms with Crippen LogP contribution in [0, 0.1) is 0 Å². The fraction of sp³-hybridized carbons (Fsp3) is 0.727. The van der Waals surface area contributed by atoms with Crippen molar-refractivity contribution in [2.24, 2.45) is 0 Å². The lowest BCUT2D eigenvalue weighted by molar-refractivity contribution is 0.451. The van der Waals surface area contributed by atoms with Gasteiger partial charge in [-0.15, -0.1) is 0 Å². The van der Waals surface area contributed by atoms with E-state index < -0.39 is 9.84 Å². The Morgan fingerprint density at radius 2 is 2.18 bits per heavy atom. The molecule has 2 rings (SSSR count). The van der Waals surface area contributed by atoms with Crippen LogP contribution in [0.25, 0.3) is 0 Å². The van der Waals surface area contributed by atoms with Crippen LogP contribution >= 0.6 is 0 Å². The van der Waals surface area contributed by atoms with Crippen molar-refractivity contribution in [1.29, 1.82) is 0 Å².